The molecule has 8 nitrogen and oxygen atoms in total. The molecule has 3 heterocycles. The minimum absolute atomic E-state index is 0.0205. The Hall–Kier alpha value is -3.98. The van der Waals surface area contributed by atoms with E-state index < -0.39 is 29.4 Å². The van der Waals surface area contributed by atoms with Crippen molar-refractivity contribution >= 4 is 47.1 Å². The Morgan fingerprint density at radius 2 is 1.76 bits per heavy atom. The lowest BCUT2D eigenvalue weighted by Crippen LogP contribution is -2.70. The summed E-state index contributed by atoms with van der Waals surface area (Å²) in [7, 11) is 0. The van der Waals surface area contributed by atoms with Gasteiger partial charge < -0.3 is 15.6 Å². The summed E-state index contributed by atoms with van der Waals surface area (Å²) in [5, 5.41) is 4.22. The summed E-state index contributed by atoms with van der Waals surface area (Å²) in [5.41, 5.74) is 11.1. The molecule has 2 aliphatic heterocycles. The fraction of sp³-hybridized carbons (Fsp3) is 0.185. The van der Waals surface area contributed by atoms with Crippen LogP contribution in [-0.4, -0.2) is 50.9 Å². The molecule has 2 atom stereocenters. The van der Waals surface area contributed by atoms with Crippen LogP contribution in [-0.2, 0) is 25.5 Å². The second kappa shape index (κ2) is 11.0. The molecule has 0 aliphatic carbocycles. The zero-order valence-electron chi connectivity index (χ0n) is 19.5. The molecule has 0 saturated carbocycles. The van der Waals surface area contributed by atoms with Gasteiger partial charge in [-0.25, -0.2) is 4.79 Å². The molecule has 0 radical (unpaired) electrons. The van der Waals surface area contributed by atoms with Gasteiger partial charge >= 0.3 is 5.97 Å². The van der Waals surface area contributed by atoms with Gasteiger partial charge in [-0.1, -0.05) is 66.7 Å². The maximum absolute atomic E-state index is 13.6. The van der Waals surface area contributed by atoms with Crippen LogP contribution in [0.2, 0.25) is 0 Å². The number of thioether (sulfide) groups is 1. The van der Waals surface area contributed by atoms with Crippen LogP contribution in [0.5, 0.6) is 0 Å². The van der Waals surface area contributed by atoms with Gasteiger partial charge in [-0.3, -0.25) is 14.5 Å². The molecular weight excluding hydrogens is 508 g/mol. The van der Waals surface area contributed by atoms with Crippen LogP contribution in [0.15, 0.2) is 89.4 Å². The third kappa shape index (κ3) is 5.13. The topological polar surface area (TPSA) is 112 Å². The molecule has 2 aliphatic rings. The summed E-state index contributed by atoms with van der Waals surface area (Å²) >= 11 is 2.85. The van der Waals surface area contributed by atoms with E-state index in [4.69, 9.17) is 4.74 Å². The molecule has 2 amide bonds. The van der Waals surface area contributed by atoms with Crippen molar-refractivity contribution < 1.29 is 23.9 Å². The van der Waals surface area contributed by atoms with Crippen molar-refractivity contribution in [1.29, 1.82) is 0 Å². The molecule has 186 valence electrons. The summed E-state index contributed by atoms with van der Waals surface area (Å²) in [6.07, 6.45) is 0.623. The fourth-order valence-electron chi connectivity index (χ4n) is 4.34. The Morgan fingerprint density at radius 1 is 1.08 bits per heavy atom. The lowest BCUT2D eigenvalue weighted by molar-refractivity contribution is -0.154. The zero-order chi connectivity index (χ0) is 25.8. The first kappa shape index (κ1) is 24.7. The largest absolute Gasteiger partial charge is 0.448 e. The number of esters is 1. The minimum Gasteiger partial charge on any atom is -0.448 e. The average molecular weight is 531 g/mol. The van der Waals surface area contributed by atoms with E-state index in [9.17, 15) is 19.9 Å². The summed E-state index contributed by atoms with van der Waals surface area (Å²) in [6, 6.07) is 21.6. The Bertz CT molecular complexity index is 1350. The number of hydrogen-bond donors (Lipinski definition) is 1. The first-order valence-electron chi connectivity index (χ1n) is 11.5. The van der Waals surface area contributed by atoms with Crippen LogP contribution < -0.4 is 5.32 Å². The van der Waals surface area contributed by atoms with E-state index >= 15 is 0 Å². The Kier molecular flexibility index (Phi) is 7.32. The number of nitrogens with zero attached hydrogens (tertiary/aromatic N) is 3. The van der Waals surface area contributed by atoms with Gasteiger partial charge in [0.15, 0.2) is 6.10 Å². The molecule has 1 aromatic heterocycles. The SMILES string of the molecule is [N-]=[N+]=CC1=C(C(=O)OC(c2ccccc2)c2ccccc2)N2C(=O)[C@@H](NC(=O)Cc3cccs3)[C@H]2SC1. The summed E-state index contributed by atoms with van der Waals surface area (Å²) < 4.78 is 6.00. The predicted molar refractivity (Wildman–Crippen MR) is 141 cm³/mol. The van der Waals surface area contributed by atoms with Crippen molar-refractivity contribution in [3.05, 3.63) is 111 Å². The van der Waals surface area contributed by atoms with Crippen molar-refractivity contribution in [3.8, 4) is 0 Å². The van der Waals surface area contributed by atoms with Crippen LogP contribution in [0, 0.1) is 0 Å². The van der Waals surface area contributed by atoms with Gasteiger partial charge in [0.1, 0.15) is 17.1 Å². The summed E-state index contributed by atoms with van der Waals surface area (Å²) in [6.45, 7) is 0. The van der Waals surface area contributed by atoms with Crippen LogP contribution in [0.1, 0.15) is 22.1 Å². The van der Waals surface area contributed by atoms with Gasteiger partial charge in [0.25, 0.3) is 12.1 Å². The van der Waals surface area contributed by atoms with Crippen molar-refractivity contribution in [2.24, 2.45) is 0 Å². The van der Waals surface area contributed by atoms with Crippen LogP contribution in [0.3, 0.4) is 0 Å². The smallest absolute Gasteiger partial charge is 0.356 e. The van der Waals surface area contributed by atoms with Crippen molar-refractivity contribution in [2.75, 3.05) is 5.75 Å². The quantitative estimate of drug-likeness (QED) is 0.157. The Balaban J connectivity index is 1.39. The molecular formula is C27H22N4O4S2. The average Bonchev–Trinajstić information content (AvgIpc) is 3.44. The van der Waals surface area contributed by atoms with E-state index in [1.807, 2.05) is 78.2 Å². The van der Waals surface area contributed by atoms with Crippen LogP contribution in [0.4, 0.5) is 0 Å². The number of ether oxygens (including phenoxy) is 1. The lowest BCUT2D eigenvalue weighted by atomic mass is 10.0. The van der Waals surface area contributed by atoms with E-state index in [0.717, 1.165) is 22.2 Å². The molecule has 37 heavy (non-hydrogen) atoms. The fourth-order valence-corrected chi connectivity index (χ4v) is 6.34. The normalized spacial score (nSPS) is 18.5. The van der Waals surface area contributed by atoms with E-state index in [-0.39, 0.29) is 18.0 Å². The molecule has 1 saturated heterocycles. The molecule has 5 rings (SSSR count). The van der Waals surface area contributed by atoms with E-state index in [1.165, 1.54) is 28.0 Å². The monoisotopic (exact) mass is 530 g/mol. The Morgan fingerprint density at radius 3 is 2.35 bits per heavy atom. The summed E-state index contributed by atoms with van der Waals surface area (Å²) in [4.78, 5) is 44.6. The second-order valence-electron chi connectivity index (χ2n) is 8.44. The molecule has 0 unspecified atom stereocenters. The highest BCUT2D eigenvalue weighted by Gasteiger charge is 2.55. The third-order valence-corrected chi connectivity index (χ3v) is 8.24. The first-order valence-corrected chi connectivity index (χ1v) is 13.5. The number of thiophene rings is 1. The van der Waals surface area contributed by atoms with Gasteiger partial charge in [-0.15, -0.1) is 23.1 Å². The van der Waals surface area contributed by atoms with E-state index in [0.29, 0.717) is 11.3 Å². The number of nitrogens with one attached hydrogen (secondary N) is 1. The van der Waals surface area contributed by atoms with Gasteiger partial charge in [-0.2, -0.15) is 4.79 Å². The highest BCUT2D eigenvalue weighted by molar-refractivity contribution is 8.00. The number of β-lactam (4-membered cyclic amide) rings is 1. The van der Waals surface area contributed by atoms with Crippen LogP contribution >= 0.6 is 23.1 Å². The molecule has 0 bridgehead atoms. The number of fused-ring (bicyclic) bond motifs is 1. The molecule has 1 fully saturated rings. The van der Waals surface area contributed by atoms with Gasteiger partial charge in [0, 0.05) is 10.6 Å². The predicted octanol–water partition coefficient (Wildman–Crippen LogP) is 3.58. The van der Waals surface area contributed by atoms with Gasteiger partial charge in [0.2, 0.25) is 5.91 Å². The minimum atomic E-state index is -0.757. The number of benzene rings is 2. The molecule has 2 aromatic carbocycles. The Labute approximate surface area is 221 Å². The van der Waals surface area contributed by atoms with E-state index in [1.54, 1.807) is 0 Å². The molecule has 10 heteroatoms. The lowest BCUT2D eigenvalue weighted by Gasteiger charge is -2.49. The molecule has 1 N–H and O–H groups in total. The maximum atomic E-state index is 13.6. The van der Waals surface area contributed by atoms with Gasteiger partial charge in [0.05, 0.1) is 12.0 Å². The van der Waals surface area contributed by atoms with E-state index in [2.05, 4.69) is 10.1 Å². The third-order valence-electron chi connectivity index (χ3n) is 6.07. The maximum Gasteiger partial charge on any atom is 0.356 e. The number of amides is 2. The number of carbonyl (C=O) groups is 3. The zero-order valence-corrected chi connectivity index (χ0v) is 21.2. The highest BCUT2D eigenvalue weighted by atomic mass is 32.2. The number of hydrogen-bond acceptors (Lipinski definition) is 6. The second-order valence-corrected chi connectivity index (χ2v) is 10.6. The highest BCUT2D eigenvalue weighted by Crippen LogP contribution is 2.41. The van der Waals surface area contributed by atoms with Crippen molar-refractivity contribution in [3.63, 3.8) is 0 Å². The van der Waals surface area contributed by atoms with Crippen molar-refractivity contribution in [1.82, 2.24) is 10.2 Å². The molecule has 0 spiro atoms. The van der Waals surface area contributed by atoms with Gasteiger partial charge in [-0.05, 0) is 22.6 Å². The molecule has 3 aromatic rings. The number of carbonyl (C=O) groups excluding carboxylic acids is 3. The van der Waals surface area contributed by atoms with Crippen LogP contribution in [0.25, 0.3) is 5.53 Å². The standard InChI is InChI=1S/C27H22N4O4S2/c28-29-15-19-16-37-26-22(30-21(32)14-20-12-7-13-36-20)25(33)31(26)23(19)27(34)35-24(17-8-3-1-4-9-17)18-10-5-2-6-11-18/h1-13,15,22,24,26H,14,16H2,(H,30,32)/t22-,26-/m1/s1. The first-order chi connectivity index (χ1) is 18.1. The summed E-state index contributed by atoms with van der Waals surface area (Å²) in [5.74, 6) is -1.08. The van der Waals surface area contributed by atoms with Crippen molar-refractivity contribution in [2.45, 2.75) is 23.9 Å². The number of rotatable bonds is 8.